The first-order valence-electron chi connectivity index (χ1n) is 11.6. The minimum Gasteiger partial charge on any atom is -0.467 e. The number of oxime groups is 1. The summed E-state index contributed by atoms with van der Waals surface area (Å²) in [6, 6.07) is 4.84. The van der Waals surface area contributed by atoms with Crippen molar-refractivity contribution in [3.63, 3.8) is 0 Å². The van der Waals surface area contributed by atoms with Crippen molar-refractivity contribution in [2.45, 2.75) is 32.2 Å². The van der Waals surface area contributed by atoms with E-state index in [1.807, 2.05) is 4.90 Å². The Hall–Kier alpha value is -3.15. The standard InChI is InChI=1S/C24H29FN4O6/c25-23-18(12-30)4-3-5-21(23)19-8-26-24(27-9-19)29-10-20(11-29)28-35-15-17(13-32-16-31)14-34-22-6-1-2-7-33-22/h3-5,8-9,16-17,22,30H,1-2,6-7,10-15H2. The van der Waals surface area contributed by atoms with Gasteiger partial charge >= 0.3 is 0 Å². The number of aliphatic hydroxyl groups excluding tert-OH is 1. The highest BCUT2D eigenvalue weighted by Gasteiger charge is 2.26. The lowest BCUT2D eigenvalue weighted by molar-refractivity contribution is -0.175. The van der Waals surface area contributed by atoms with Crippen molar-refractivity contribution in [2.24, 2.45) is 11.1 Å². The predicted molar refractivity (Wildman–Crippen MR) is 124 cm³/mol. The summed E-state index contributed by atoms with van der Waals surface area (Å²) in [6.07, 6.45) is 5.86. The molecule has 0 saturated carbocycles. The number of carbonyl (C=O) groups is 1. The van der Waals surface area contributed by atoms with E-state index < -0.39 is 5.82 Å². The van der Waals surface area contributed by atoms with Crippen LogP contribution in [0.25, 0.3) is 11.1 Å². The van der Waals surface area contributed by atoms with Crippen molar-refractivity contribution in [1.82, 2.24) is 9.97 Å². The molecule has 4 rings (SSSR count). The second kappa shape index (κ2) is 12.5. The first-order valence-corrected chi connectivity index (χ1v) is 11.6. The molecule has 2 aliphatic rings. The Morgan fingerprint density at radius 1 is 1.23 bits per heavy atom. The number of hydrogen-bond acceptors (Lipinski definition) is 10. The number of aliphatic hydroxyl groups is 1. The van der Waals surface area contributed by atoms with Crippen LogP contribution in [-0.2, 0) is 30.4 Å². The fraction of sp³-hybridized carbons (Fsp3) is 0.500. The number of carbonyl (C=O) groups excluding carboxylic acids is 1. The zero-order valence-corrected chi connectivity index (χ0v) is 19.3. The van der Waals surface area contributed by atoms with Crippen LogP contribution in [0.15, 0.2) is 35.7 Å². The van der Waals surface area contributed by atoms with E-state index in [9.17, 15) is 14.3 Å². The number of rotatable bonds is 12. The van der Waals surface area contributed by atoms with Crippen LogP contribution < -0.4 is 4.90 Å². The van der Waals surface area contributed by atoms with Gasteiger partial charge in [0.25, 0.3) is 6.47 Å². The van der Waals surface area contributed by atoms with Crippen molar-refractivity contribution in [2.75, 3.05) is 44.4 Å². The van der Waals surface area contributed by atoms with Crippen LogP contribution in [0.4, 0.5) is 10.3 Å². The third-order valence-electron chi connectivity index (χ3n) is 5.79. The average molecular weight is 489 g/mol. The Morgan fingerprint density at radius 2 is 2.06 bits per heavy atom. The lowest BCUT2D eigenvalue weighted by atomic mass is 10.1. The summed E-state index contributed by atoms with van der Waals surface area (Å²) in [5.74, 6) is -0.133. The summed E-state index contributed by atoms with van der Waals surface area (Å²) in [7, 11) is 0. The molecule has 0 bridgehead atoms. The van der Waals surface area contributed by atoms with Crippen LogP contribution in [0.1, 0.15) is 24.8 Å². The van der Waals surface area contributed by atoms with Gasteiger partial charge in [-0.2, -0.15) is 0 Å². The van der Waals surface area contributed by atoms with E-state index in [1.165, 1.54) is 6.07 Å². The first kappa shape index (κ1) is 25.0. The monoisotopic (exact) mass is 488 g/mol. The lowest BCUT2D eigenvalue weighted by Gasteiger charge is -2.32. The number of anilines is 1. The number of benzene rings is 1. The van der Waals surface area contributed by atoms with Crippen molar-refractivity contribution in [3.05, 3.63) is 42.0 Å². The van der Waals surface area contributed by atoms with Crippen molar-refractivity contribution in [3.8, 4) is 11.1 Å². The number of nitrogens with zero attached hydrogens (tertiary/aromatic N) is 4. The van der Waals surface area contributed by atoms with Crippen molar-refractivity contribution in [1.29, 1.82) is 0 Å². The quantitative estimate of drug-likeness (QED) is 0.355. The highest BCUT2D eigenvalue weighted by atomic mass is 19.1. The SMILES string of the molecule is O=COCC(CON=C1CN(c2ncc(-c3cccc(CO)c3F)cn2)C1)COC1CCCCO1. The molecule has 35 heavy (non-hydrogen) atoms. The maximum Gasteiger partial charge on any atom is 0.293 e. The predicted octanol–water partition coefficient (Wildman–Crippen LogP) is 2.30. The number of ether oxygens (including phenoxy) is 3. The molecule has 2 saturated heterocycles. The third kappa shape index (κ3) is 6.71. The van der Waals surface area contributed by atoms with Crippen LogP contribution in [0.2, 0.25) is 0 Å². The zero-order chi connectivity index (χ0) is 24.5. The molecule has 11 heteroatoms. The molecule has 2 fully saturated rings. The van der Waals surface area contributed by atoms with Crippen LogP contribution >= 0.6 is 0 Å². The van der Waals surface area contributed by atoms with E-state index in [2.05, 4.69) is 15.1 Å². The molecular weight excluding hydrogens is 459 g/mol. The molecule has 0 amide bonds. The van der Waals surface area contributed by atoms with Gasteiger partial charge in [-0.25, -0.2) is 14.4 Å². The molecule has 10 nitrogen and oxygen atoms in total. The summed E-state index contributed by atoms with van der Waals surface area (Å²) in [5.41, 5.74) is 1.92. The summed E-state index contributed by atoms with van der Waals surface area (Å²) < 4.78 is 30.6. The average Bonchev–Trinajstić information content (AvgIpc) is 2.87. The summed E-state index contributed by atoms with van der Waals surface area (Å²) in [6.45, 7) is 2.51. The summed E-state index contributed by atoms with van der Waals surface area (Å²) >= 11 is 0. The van der Waals surface area contributed by atoms with Crippen molar-refractivity contribution >= 4 is 18.1 Å². The molecule has 0 spiro atoms. The minimum atomic E-state index is -0.476. The minimum absolute atomic E-state index is 0.160. The molecule has 0 radical (unpaired) electrons. The molecule has 0 aliphatic carbocycles. The molecule has 2 aromatic rings. The number of halogens is 1. The van der Waals surface area contributed by atoms with Crippen LogP contribution in [-0.4, -0.2) is 73.1 Å². The molecule has 2 aliphatic heterocycles. The van der Waals surface area contributed by atoms with Gasteiger partial charge in [0, 0.05) is 35.7 Å². The second-order valence-electron chi connectivity index (χ2n) is 8.44. The first-order chi connectivity index (χ1) is 17.2. The van der Waals surface area contributed by atoms with E-state index in [0.717, 1.165) is 25.0 Å². The van der Waals surface area contributed by atoms with Gasteiger partial charge in [0.05, 0.1) is 44.5 Å². The lowest BCUT2D eigenvalue weighted by Crippen LogP contribution is -2.48. The summed E-state index contributed by atoms with van der Waals surface area (Å²) in [5, 5.41) is 13.4. The van der Waals surface area contributed by atoms with E-state index in [1.54, 1.807) is 24.5 Å². The van der Waals surface area contributed by atoms with Gasteiger partial charge in [0.1, 0.15) is 12.4 Å². The van der Waals surface area contributed by atoms with Gasteiger partial charge in [-0.15, -0.1) is 0 Å². The smallest absolute Gasteiger partial charge is 0.293 e. The van der Waals surface area contributed by atoms with Crippen LogP contribution in [0.3, 0.4) is 0 Å². The zero-order valence-electron chi connectivity index (χ0n) is 19.3. The normalized spacial score (nSPS) is 18.5. The Balaban J connectivity index is 1.24. The Kier molecular flexibility index (Phi) is 8.93. The summed E-state index contributed by atoms with van der Waals surface area (Å²) in [4.78, 5) is 26.6. The van der Waals surface area contributed by atoms with Gasteiger partial charge in [-0.3, -0.25) is 4.79 Å². The van der Waals surface area contributed by atoms with Gasteiger partial charge in [0.2, 0.25) is 5.95 Å². The highest BCUT2D eigenvalue weighted by molar-refractivity contribution is 5.98. The topological polar surface area (TPSA) is 116 Å². The van der Waals surface area contributed by atoms with E-state index in [-0.39, 0.29) is 37.6 Å². The molecule has 1 N–H and O–H groups in total. The van der Waals surface area contributed by atoms with Crippen LogP contribution in [0.5, 0.6) is 0 Å². The largest absolute Gasteiger partial charge is 0.467 e. The molecule has 3 heterocycles. The van der Waals surface area contributed by atoms with E-state index in [4.69, 9.17) is 19.0 Å². The van der Waals surface area contributed by atoms with E-state index >= 15 is 0 Å². The Bertz CT molecular complexity index is 992. The van der Waals surface area contributed by atoms with Gasteiger partial charge in [-0.1, -0.05) is 23.4 Å². The van der Waals surface area contributed by atoms with Gasteiger partial charge in [0.15, 0.2) is 6.29 Å². The molecule has 188 valence electrons. The molecule has 2 atom stereocenters. The molecule has 2 unspecified atom stereocenters. The van der Waals surface area contributed by atoms with Crippen LogP contribution in [0, 0.1) is 11.7 Å². The maximum absolute atomic E-state index is 14.4. The van der Waals surface area contributed by atoms with Gasteiger partial charge in [-0.05, 0) is 19.3 Å². The molecular formula is C24H29FN4O6. The maximum atomic E-state index is 14.4. The van der Waals surface area contributed by atoms with E-state index in [0.29, 0.717) is 49.9 Å². The fourth-order valence-electron chi connectivity index (χ4n) is 3.78. The Labute approximate surface area is 202 Å². The van der Waals surface area contributed by atoms with Crippen molar-refractivity contribution < 1.29 is 33.3 Å². The Morgan fingerprint density at radius 3 is 2.77 bits per heavy atom. The second-order valence-corrected chi connectivity index (χ2v) is 8.44. The molecule has 1 aromatic carbocycles. The fourth-order valence-corrected chi connectivity index (χ4v) is 3.78. The number of hydrogen-bond donors (Lipinski definition) is 1. The highest BCUT2D eigenvalue weighted by Crippen LogP contribution is 2.25. The molecule has 1 aromatic heterocycles. The number of aromatic nitrogens is 2. The third-order valence-corrected chi connectivity index (χ3v) is 5.79. The van der Waals surface area contributed by atoms with Gasteiger partial charge < -0.3 is 29.1 Å².